The summed E-state index contributed by atoms with van der Waals surface area (Å²) in [4.78, 5) is 11.9. The molecule has 1 aromatic carbocycles. The summed E-state index contributed by atoms with van der Waals surface area (Å²) in [7, 11) is 1.59. The third kappa shape index (κ3) is 3.89. The predicted molar refractivity (Wildman–Crippen MR) is 70.6 cm³/mol. The second-order valence-corrected chi connectivity index (χ2v) is 3.66. The van der Waals surface area contributed by atoms with Crippen molar-refractivity contribution in [3.63, 3.8) is 0 Å². The first-order valence-corrected chi connectivity index (χ1v) is 5.87. The summed E-state index contributed by atoms with van der Waals surface area (Å²) in [5.74, 6) is 0.412. The quantitative estimate of drug-likeness (QED) is 0.593. The molecule has 1 aromatic rings. The number of rotatable bonds is 7. The van der Waals surface area contributed by atoms with Crippen LogP contribution in [0.2, 0.25) is 0 Å². The molecule has 0 heterocycles. The van der Waals surface area contributed by atoms with Crippen molar-refractivity contribution in [1.29, 1.82) is 0 Å². The maximum atomic E-state index is 11.9. The lowest BCUT2D eigenvalue weighted by Crippen LogP contribution is -2.30. The first-order chi connectivity index (χ1) is 8.72. The first kappa shape index (κ1) is 14.3. The topological polar surface area (TPSA) is 47.6 Å². The summed E-state index contributed by atoms with van der Waals surface area (Å²) >= 11 is 0. The lowest BCUT2D eigenvalue weighted by Gasteiger charge is -2.17. The number of methoxy groups -OCH3 is 1. The van der Waals surface area contributed by atoms with Gasteiger partial charge in [-0.3, -0.25) is 5.32 Å². The van der Waals surface area contributed by atoms with Gasteiger partial charge >= 0.3 is 5.97 Å². The Bertz CT molecular complexity index is 404. The normalized spacial score (nSPS) is 11.7. The molecule has 0 spiro atoms. The van der Waals surface area contributed by atoms with Crippen molar-refractivity contribution >= 4 is 5.97 Å². The molecule has 0 saturated heterocycles. The molecule has 4 nitrogen and oxygen atoms in total. The minimum atomic E-state index is -0.502. The van der Waals surface area contributed by atoms with E-state index in [1.165, 1.54) is 0 Å². The number of esters is 1. The highest BCUT2D eigenvalue weighted by molar-refractivity contribution is 5.77. The molecule has 0 aliphatic heterocycles. The number of hydrogen-bond acceptors (Lipinski definition) is 4. The number of carbonyl (C=O) groups excluding carboxylic acids is 1. The van der Waals surface area contributed by atoms with Crippen LogP contribution in [-0.4, -0.2) is 26.2 Å². The summed E-state index contributed by atoms with van der Waals surface area (Å²) in [6.07, 6.45) is 1.70. The number of ether oxygens (including phenoxy) is 2. The molecule has 18 heavy (non-hydrogen) atoms. The van der Waals surface area contributed by atoms with Gasteiger partial charge in [0.1, 0.15) is 11.8 Å². The van der Waals surface area contributed by atoms with Gasteiger partial charge in [-0.05, 0) is 24.6 Å². The smallest absolute Gasteiger partial charge is 0.327 e. The van der Waals surface area contributed by atoms with E-state index in [-0.39, 0.29) is 5.97 Å². The zero-order chi connectivity index (χ0) is 13.4. The summed E-state index contributed by atoms with van der Waals surface area (Å²) in [5, 5.41) is 3.07. The van der Waals surface area contributed by atoms with Gasteiger partial charge in [0.25, 0.3) is 0 Å². The van der Waals surface area contributed by atoms with Gasteiger partial charge < -0.3 is 9.47 Å². The Morgan fingerprint density at radius 1 is 1.56 bits per heavy atom. The summed E-state index contributed by atoms with van der Waals surface area (Å²) in [6.45, 7) is 6.30. The van der Waals surface area contributed by atoms with E-state index in [0.29, 0.717) is 18.9 Å². The SMILES string of the molecule is C=CCNC(C(=O)OCC)c1cccc(OC)c1. The molecule has 1 atom stereocenters. The van der Waals surface area contributed by atoms with Crippen LogP contribution in [0, 0.1) is 0 Å². The Morgan fingerprint density at radius 2 is 2.33 bits per heavy atom. The van der Waals surface area contributed by atoms with E-state index in [1.807, 2.05) is 24.3 Å². The van der Waals surface area contributed by atoms with Gasteiger partial charge in [-0.15, -0.1) is 6.58 Å². The van der Waals surface area contributed by atoms with Crippen molar-refractivity contribution < 1.29 is 14.3 Å². The largest absolute Gasteiger partial charge is 0.497 e. The number of carbonyl (C=O) groups is 1. The highest BCUT2D eigenvalue weighted by Crippen LogP contribution is 2.20. The van der Waals surface area contributed by atoms with Crippen LogP contribution in [0.1, 0.15) is 18.5 Å². The molecule has 0 aromatic heterocycles. The average molecular weight is 249 g/mol. The lowest BCUT2D eigenvalue weighted by atomic mass is 10.1. The molecular weight excluding hydrogens is 230 g/mol. The highest BCUT2D eigenvalue weighted by atomic mass is 16.5. The third-order valence-electron chi connectivity index (χ3n) is 2.42. The Hall–Kier alpha value is -1.81. The van der Waals surface area contributed by atoms with Crippen molar-refractivity contribution in [2.75, 3.05) is 20.3 Å². The Kier molecular flexibility index (Phi) is 5.94. The Morgan fingerprint density at radius 3 is 2.94 bits per heavy atom. The molecule has 0 aliphatic carbocycles. The molecule has 1 unspecified atom stereocenters. The third-order valence-corrected chi connectivity index (χ3v) is 2.42. The first-order valence-electron chi connectivity index (χ1n) is 5.87. The van der Waals surface area contributed by atoms with Crippen LogP contribution >= 0.6 is 0 Å². The van der Waals surface area contributed by atoms with Crippen LogP contribution in [0.4, 0.5) is 0 Å². The molecular formula is C14H19NO3. The fourth-order valence-electron chi connectivity index (χ4n) is 1.59. The molecule has 98 valence electrons. The number of hydrogen-bond donors (Lipinski definition) is 1. The minimum Gasteiger partial charge on any atom is -0.497 e. The van der Waals surface area contributed by atoms with E-state index >= 15 is 0 Å². The summed E-state index contributed by atoms with van der Waals surface area (Å²) in [5.41, 5.74) is 0.814. The second-order valence-electron chi connectivity index (χ2n) is 3.66. The molecule has 0 saturated carbocycles. The van der Waals surface area contributed by atoms with Gasteiger partial charge in [0, 0.05) is 6.54 Å². The number of nitrogens with one attached hydrogen (secondary N) is 1. The van der Waals surface area contributed by atoms with Gasteiger partial charge in [0.15, 0.2) is 0 Å². The standard InChI is InChI=1S/C14H19NO3/c1-4-9-15-13(14(16)18-5-2)11-7-6-8-12(10-11)17-3/h4,6-8,10,13,15H,1,5,9H2,2-3H3. The van der Waals surface area contributed by atoms with E-state index in [2.05, 4.69) is 11.9 Å². The lowest BCUT2D eigenvalue weighted by molar-refractivity contribution is -0.145. The van der Waals surface area contributed by atoms with Crippen molar-refractivity contribution in [1.82, 2.24) is 5.32 Å². The zero-order valence-corrected chi connectivity index (χ0v) is 10.8. The number of benzene rings is 1. The minimum absolute atomic E-state index is 0.299. The van der Waals surface area contributed by atoms with Gasteiger partial charge in [-0.1, -0.05) is 18.2 Å². The highest BCUT2D eigenvalue weighted by Gasteiger charge is 2.21. The van der Waals surface area contributed by atoms with E-state index in [4.69, 9.17) is 9.47 Å². The van der Waals surface area contributed by atoms with E-state index in [0.717, 1.165) is 5.56 Å². The van der Waals surface area contributed by atoms with Gasteiger partial charge in [-0.25, -0.2) is 4.79 Å². The fourth-order valence-corrected chi connectivity index (χ4v) is 1.59. The maximum Gasteiger partial charge on any atom is 0.327 e. The zero-order valence-electron chi connectivity index (χ0n) is 10.8. The second kappa shape index (κ2) is 7.50. The molecule has 4 heteroatoms. The maximum absolute atomic E-state index is 11.9. The van der Waals surface area contributed by atoms with E-state index in [9.17, 15) is 4.79 Å². The van der Waals surface area contributed by atoms with Gasteiger partial charge in [0.05, 0.1) is 13.7 Å². The van der Waals surface area contributed by atoms with Crippen LogP contribution in [0.15, 0.2) is 36.9 Å². The Balaban J connectivity index is 2.92. The Labute approximate surface area is 108 Å². The van der Waals surface area contributed by atoms with Crippen molar-refractivity contribution in [2.24, 2.45) is 0 Å². The molecule has 0 bridgehead atoms. The van der Waals surface area contributed by atoms with Gasteiger partial charge in [-0.2, -0.15) is 0 Å². The molecule has 1 rings (SSSR count). The molecule has 1 N–H and O–H groups in total. The van der Waals surface area contributed by atoms with Crippen LogP contribution in [0.3, 0.4) is 0 Å². The van der Waals surface area contributed by atoms with Gasteiger partial charge in [0.2, 0.25) is 0 Å². The van der Waals surface area contributed by atoms with E-state index < -0.39 is 6.04 Å². The van der Waals surface area contributed by atoms with E-state index in [1.54, 1.807) is 20.1 Å². The van der Waals surface area contributed by atoms with Crippen LogP contribution in [-0.2, 0) is 9.53 Å². The molecule has 0 amide bonds. The monoisotopic (exact) mass is 249 g/mol. The molecule has 0 fully saturated rings. The van der Waals surface area contributed by atoms with Crippen molar-refractivity contribution in [2.45, 2.75) is 13.0 Å². The average Bonchev–Trinajstić information content (AvgIpc) is 2.40. The predicted octanol–water partition coefficient (Wildman–Crippen LogP) is 2.08. The van der Waals surface area contributed by atoms with Crippen molar-refractivity contribution in [3.05, 3.63) is 42.5 Å². The summed E-state index contributed by atoms with van der Waals surface area (Å²) in [6, 6.07) is 6.85. The van der Waals surface area contributed by atoms with Crippen LogP contribution in [0.5, 0.6) is 5.75 Å². The molecule has 0 aliphatic rings. The van der Waals surface area contributed by atoms with Crippen molar-refractivity contribution in [3.8, 4) is 5.75 Å². The fraction of sp³-hybridized carbons (Fsp3) is 0.357. The summed E-state index contributed by atoms with van der Waals surface area (Å²) < 4.78 is 10.2. The molecule has 0 radical (unpaired) electrons. The van der Waals surface area contributed by atoms with Crippen LogP contribution < -0.4 is 10.1 Å². The van der Waals surface area contributed by atoms with Crippen LogP contribution in [0.25, 0.3) is 0 Å².